The Morgan fingerprint density at radius 1 is 1.05 bits per heavy atom. The number of nitrogens with one attached hydrogen (secondary N) is 1. The summed E-state index contributed by atoms with van der Waals surface area (Å²) < 4.78 is 18.1. The standard InChI is InChI=1S/C35H43N3O6/c1-24-20-38(25(2)23-39)35(41)30-10-7-11-31(36-34(40)27-16-18-42-19-17-27)33(30)44-32(24)22-37(3)21-26-12-14-29(15-13-26)43-28-8-5-4-6-9-28/h4-15,24-25,27,32,39H,16-23H2,1-3H3,(H,36,40)/t24-,25+,32+/m1/s1. The van der Waals surface area contributed by atoms with Crippen LogP contribution in [0.3, 0.4) is 0 Å². The van der Waals surface area contributed by atoms with Crippen LogP contribution in [0.2, 0.25) is 0 Å². The van der Waals surface area contributed by atoms with E-state index in [4.69, 9.17) is 14.2 Å². The number of hydrogen-bond acceptors (Lipinski definition) is 7. The monoisotopic (exact) mass is 601 g/mol. The summed E-state index contributed by atoms with van der Waals surface area (Å²) >= 11 is 0. The minimum absolute atomic E-state index is 0.0514. The number of fused-ring (bicyclic) bond motifs is 1. The fourth-order valence-electron chi connectivity index (χ4n) is 5.73. The number of anilines is 1. The van der Waals surface area contributed by atoms with Gasteiger partial charge in [-0.25, -0.2) is 0 Å². The Morgan fingerprint density at radius 3 is 2.45 bits per heavy atom. The maximum atomic E-state index is 13.8. The van der Waals surface area contributed by atoms with E-state index in [0.29, 0.717) is 62.7 Å². The second-order valence-corrected chi connectivity index (χ2v) is 11.9. The largest absolute Gasteiger partial charge is 0.486 e. The van der Waals surface area contributed by atoms with Gasteiger partial charge in [-0.05, 0) is 68.8 Å². The smallest absolute Gasteiger partial charge is 0.258 e. The van der Waals surface area contributed by atoms with E-state index in [2.05, 4.69) is 29.3 Å². The Balaban J connectivity index is 1.34. The number of carbonyl (C=O) groups is 2. The molecule has 0 unspecified atom stereocenters. The van der Waals surface area contributed by atoms with Crippen molar-refractivity contribution in [2.45, 2.75) is 45.4 Å². The second-order valence-electron chi connectivity index (χ2n) is 11.9. The molecule has 3 atom stereocenters. The second kappa shape index (κ2) is 14.7. The quantitative estimate of drug-likeness (QED) is 0.330. The van der Waals surface area contributed by atoms with E-state index in [1.54, 1.807) is 23.1 Å². The van der Waals surface area contributed by atoms with Crippen molar-refractivity contribution in [3.8, 4) is 17.2 Å². The molecule has 9 heteroatoms. The zero-order chi connectivity index (χ0) is 31.1. The van der Waals surface area contributed by atoms with Gasteiger partial charge in [-0.3, -0.25) is 14.5 Å². The van der Waals surface area contributed by atoms with Gasteiger partial charge >= 0.3 is 0 Å². The summed E-state index contributed by atoms with van der Waals surface area (Å²) in [5.41, 5.74) is 1.99. The van der Waals surface area contributed by atoms with Crippen LogP contribution >= 0.6 is 0 Å². The highest BCUT2D eigenvalue weighted by atomic mass is 16.5. The number of hydrogen-bond donors (Lipinski definition) is 2. The van der Waals surface area contributed by atoms with Crippen LogP contribution in [-0.4, -0.2) is 78.8 Å². The summed E-state index contributed by atoms with van der Waals surface area (Å²) in [6.45, 7) is 6.57. The maximum Gasteiger partial charge on any atom is 0.258 e. The predicted molar refractivity (Wildman–Crippen MR) is 169 cm³/mol. The number of aliphatic hydroxyl groups excluding tert-OH is 1. The number of para-hydroxylation sites is 2. The van der Waals surface area contributed by atoms with Gasteiger partial charge in [0.25, 0.3) is 5.91 Å². The molecule has 2 amide bonds. The summed E-state index contributed by atoms with van der Waals surface area (Å²) in [6.07, 6.45) is 1.03. The predicted octanol–water partition coefficient (Wildman–Crippen LogP) is 5.20. The molecule has 0 radical (unpaired) electrons. The lowest BCUT2D eigenvalue weighted by molar-refractivity contribution is -0.122. The number of aliphatic hydroxyl groups is 1. The minimum Gasteiger partial charge on any atom is -0.486 e. The Hall–Kier alpha value is -3.92. The zero-order valence-electron chi connectivity index (χ0n) is 25.8. The van der Waals surface area contributed by atoms with E-state index in [9.17, 15) is 14.7 Å². The molecule has 0 aliphatic carbocycles. The molecule has 0 spiro atoms. The molecule has 0 aromatic heterocycles. The summed E-state index contributed by atoms with van der Waals surface area (Å²) in [4.78, 5) is 30.9. The van der Waals surface area contributed by atoms with E-state index < -0.39 is 0 Å². The van der Waals surface area contributed by atoms with Crippen molar-refractivity contribution < 1.29 is 28.9 Å². The molecule has 5 rings (SSSR count). The van der Waals surface area contributed by atoms with Crippen LogP contribution in [0.5, 0.6) is 17.2 Å². The van der Waals surface area contributed by atoms with Crippen LogP contribution in [0.15, 0.2) is 72.8 Å². The normalized spacial score (nSPS) is 19.8. The average Bonchev–Trinajstić information content (AvgIpc) is 3.04. The Bertz CT molecular complexity index is 1390. The van der Waals surface area contributed by atoms with Crippen LogP contribution in [0.25, 0.3) is 0 Å². The molecule has 2 heterocycles. The summed E-state index contributed by atoms with van der Waals surface area (Å²) in [7, 11) is 2.04. The van der Waals surface area contributed by atoms with Gasteiger partial charge in [0.15, 0.2) is 5.75 Å². The highest BCUT2D eigenvalue weighted by Crippen LogP contribution is 2.35. The van der Waals surface area contributed by atoms with Gasteiger partial charge in [-0.2, -0.15) is 0 Å². The molecular formula is C35H43N3O6. The molecule has 1 fully saturated rings. The molecule has 234 valence electrons. The molecule has 1 saturated heterocycles. The molecular weight excluding hydrogens is 558 g/mol. The Kier molecular flexibility index (Phi) is 10.5. The van der Waals surface area contributed by atoms with E-state index >= 15 is 0 Å². The molecule has 0 bridgehead atoms. The van der Waals surface area contributed by atoms with Crippen LogP contribution in [0.4, 0.5) is 5.69 Å². The van der Waals surface area contributed by atoms with Crippen LogP contribution in [-0.2, 0) is 16.1 Å². The van der Waals surface area contributed by atoms with Crippen LogP contribution < -0.4 is 14.8 Å². The first-order chi connectivity index (χ1) is 21.3. The number of nitrogens with zero attached hydrogens (tertiary/aromatic N) is 2. The third-order valence-electron chi connectivity index (χ3n) is 8.39. The number of benzene rings is 3. The van der Waals surface area contributed by atoms with Crippen molar-refractivity contribution in [1.29, 1.82) is 0 Å². The van der Waals surface area contributed by atoms with E-state index in [1.165, 1.54) is 0 Å². The summed E-state index contributed by atoms with van der Waals surface area (Å²) in [5, 5.41) is 13.0. The number of rotatable bonds is 10. The van der Waals surface area contributed by atoms with E-state index in [-0.39, 0.29) is 42.4 Å². The molecule has 2 N–H and O–H groups in total. The van der Waals surface area contributed by atoms with Crippen molar-refractivity contribution in [3.63, 3.8) is 0 Å². The molecule has 3 aromatic rings. The highest BCUT2D eigenvalue weighted by molar-refractivity contribution is 6.02. The van der Waals surface area contributed by atoms with Gasteiger partial charge in [-0.15, -0.1) is 0 Å². The van der Waals surface area contributed by atoms with Crippen molar-refractivity contribution in [2.24, 2.45) is 11.8 Å². The first kappa shape index (κ1) is 31.5. The van der Waals surface area contributed by atoms with E-state index in [1.807, 2.05) is 56.4 Å². The average molecular weight is 602 g/mol. The maximum absolute atomic E-state index is 13.8. The first-order valence-corrected chi connectivity index (χ1v) is 15.4. The highest BCUT2D eigenvalue weighted by Gasteiger charge is 2.35. The molecule has 2 aliphatic heterocycles. The Labute approximate surface area is 259 Å². The molecule has 2 aliphatic rings. The number of likely N-dealkylation sites (N-methyl/N-ethyl adjacent to an activating group) is 1. The van der Waals surface area contributed by atoms with E-state index in [0.717, 1.165) is 17.1 Å². The Morgan fingerprint density at radius 2 is 1.75 bits per heavy atom. The van der Waals surface area contributed by atoms with Crippen LogP contribution in [0.1, 0.15) is 42.6 Å². The fraction of sp³-hybridized carbons (Fsp3) is 0.429. The fourth-order valence-corrected chi connectivity index (χ4v) is 5.73. The van der Waals surface area contributed by atoms with Gasteiger partial charge in [0.1, 0.15) is 17.6 Å². The lowest BCUT2D eigenvalue weighted by Gasteiger charge is -2.38. The van der Waals surface area contributed by atoms with Crippen molar-refractivity contribution >= 4 is 17.5 Å². The van der Waals surface area contributed by atoms with Crippen LogP contribution in [0, 0.1) is 11.8 Å². The molecule has 3 aromatic carbocycles. The van der Waals surface area contributed by atoms with Gasteiger partial charge in [-0.1, -0.05) is 43.3 Å². The first-order valence-electron chi connectivity index (χ1n) is 15.4. The topological polar surface area (TPSA) is 101 Å². The van der Waals surface area contributed by atoms with Gasteiger partial charge < -0.3 is 29.5 Å². The summed E-state index contributed by atoms with van der Waals surface area (Å²) in [6, 6.07) is 22.6. The van der Waals surface area contributed by atoms with Gasteiger partial charge in [0.2, 0.25) is 5.91 Å². The van der Waals surface area contributed by atoms with Gasteiger partial charge in [0.05, 0.1) is 23.9 Å². The summed E-state index contributed by atoms with van der Waals surface area (Å²) in [5.74, 6) is 1.42. The minimum atomic E-state index is -0.369. The molecule has 0 saturated carbocycles. The number of amides is 2. The third kappa shape index (κ3) is 7.77. The molecule has 9 nitrogen and oxygen atoms in total. The lowest BCUT2D eigenvalue weighted by Crippen LogP contribution is -2.49. The zero-order valence-corrected chi connectivity index (χ0v) is 25.8. The van der Waals surface area contributed by atoms with Crippen molar-refractivity contribution in [3.05, 3.63) is 83.9 Å². The van der Waals surface area contributed by atoms with Crippen molar-refractivity contribution in [2.75, 3.05) is 45.3 Å². The van der Waals surface area contributed by atoms with Gasteiger partial charge in [0, 0.05) is 44.7 Å². The number of ether oxygens (including phenoxy) is 3. The third-order valence-corrected chi connectivity index (χ3v) is 8.39. The lowest BCUT2D eigenvalue weighted by atomic mass is 9.98. The number of carbonyl (C=O) groups excluding carboxylic acids is 2. The SMILES string of the molecule is C[C@@H]1CN([C@@H](C)CO)C(=O)c2cccc(NC(=O)C3CCOCC3)c2O[C@H]1CN(C)Cc1ccc(Oc2ccccc2)cc1. The van der Waals surface area contributed by atoms with Crippen molar-refractivity contribution in [1.82, 2.24) is 9.80 Å². The molecule has 44 heavy (non-hydrogen) atoms.